The first kappa shape index (κ1) is 14.8. The second-order valence-electron chi connectivity index (χ2n) is 4.99. The van der Waals surface area contributed by atoms with Gasteiger partial charge < -0.3 is 5.32 Å². The number of benzene rings is 2. The maximum absolute atomic E-state index is 5.95. The van der Waals surface area contributed by atoms with Crippen molar-refractivity contribution in [2.75, 3.05) is 5.01 Å². The molecule has 1 aliphatic rings. The van der Waals surface area contributed by atoms with Crippen molar-refractivity contribution in [3.63, 3.8) is 0 Å². The van der Waals surface area contributed by atoms with Gasteiger partial charge in [-0.1, -0.05) is 39.7 Å². The summed E-state index contributed by atoms with van der Waals surface area (Å²) in [6.07, 6.45) is 0. The number of hydrogen-bond donors (Lipinski definition) is 2. The maximum atomic E-state index is 5.95. The highest BCUT2D eigenvalue weighted by molar-refractivity contribution is 9.10. The van der Waals surface area contributed by atoms with E-state index in [1.807, 2.05) is 60.5 Å². The van der Waals surface area contributed by atoms with Gasteiger partial charge in [-0.05, 0) is 61.1 Å². The summed E-state index contributed by atoms with van der Waals surface area (Å²) >= 11 is 14.8. The molecule has 0 aromatic heterocycles. The number of anilines is 1. The normalized spacial score (nSPS) is 21.5. The summed E-state index contributed by atoms with van der Waals surface area (Å²) < 4.78 is 1.03. The number of nitrogens with zero attached hydrogens (tertiary/aromatic N) is 1. The standard InChI is InChI=1S/C15H13BrClN3S/c1-15(10-2-6-12(17)7-3-10)18-14(21)20(19-15)13-8-4-11(16)5-9-13/h2-9,19H,1H3,(H,18,21)/t15-/m1/s1. The Labute approximate surface area is 142 Å². The number of thiocarbonyl (C=S) groups is 1. The molecular weight excluding hydrogens is 370 g/mol. The van der Waals surface area contributed by atoms with E-state index in [4.69, 9.17) is 23.8 Å². The fourth-order valence-electron chi connectivity index (χ4n) is 2.26. The molecule has 1 fully saturated rings. The van der Waals surface area contributed by atoms with Crippen molar-refractivity contribution in [2.24, 2.45) is 0 Å². The van der Waals surface area contributed by atoms with Crippen LogP contribution in [0.25, 0.3) is 0 Å². The van der Waals surface area contributed by atoms with Gasteiger partial charge in [0.1, 0.15) is 5.66 Å². The monoisotopic (exact) mass is 381 g/mol. The van der Waals surface area contributed by atoms with Gasteiger partial charge in [0.15, 0.2) is 5.11 Å². The van der Waals surface area contributed by atoms with E-state index >= 15 is 0 Å². The fourth-order valence-corrected chi connectivity index (χ4v) is 3.01. The van der Waals surface area contributed by atoms with Crippen molar-refractivity contribution in [3.05, 3.63) is 63.6 Å². The molecule has 0 saturated carbocycles. The first-order valence-corrected chi connectivity index (χ1v) is 7.97. The molecule has 108 valence electrons. The molecule has 0 unspecified atom stereocenters. The summed E-state index contributed by atoms with van der Waals surface area (Å²) in [5.41, 5.74) is 4.99. The van der Waals surface area contributed by atoms with Crippen LogP contribution >= 0.6 is 39.7 Å². The Morgan fingerprint density at radius 1 is 1.10 bits per heavy atom. The molecule has 2 aromatic rings. The van der Waals surface area contributed by atoms with Crippen LogP contribution in [0.5, 0.6) is 0 Å². The van der Waals surface area contributed by atoms with Crippen molar-refractivity contribution in [2.45, 2.75) is 12.6 Å². The zero-order valence-electron chi connectivity index (χ0n) is 11.2. The van der Waals surface area contributed by atoms with Crippen LogP contribution in [0.15, 0.2) is 53.0 Å². The van der Waals surface area contributed by atoms with E-state index in [1.54, 1.807) is 0 Å². The van der Waals surface area contributed by atoms with Crippen molar-refractivity contribution in [3.8, 4) is 0 Å². The lowest BCUT2D eigenvalue weighted by Crippen LogP contribution is -2.45. The van der Waals surface area contributed by atoms with Crippen LogP contribution < -0.4 is 15.8 Å². The van der Waals surface area contributed by atoms with Crippen molar-refractivity contribution in [1.29, 1.82) is 0 Å². The van der Waals surface area contributed by atoms with E-state index in [9.17, 15) is 0 Å². The molecule has 0 radical (unpaired) electrons. The van der Waals surface area contributed by atoms with Crippen LogP contribution in [0.2, 0.25) is 5.02 Å². The quantitative estimate of drug-likeness (QED) is 0.762. The summed E-state index contributed by atoms with van der Waals surface area (Å²) in [6.45, 7) is 2.04. The van der Waals surface area contributed by atoms with Gasteiger partial charge in [-0.3, -0.25) is 0 Å². The van der Waals surface area contributed by atoms with E-state index in [1.165, 1.54) is 0 Å². The zero-order chi connectivity index (χ0) is 15.0. The smallest absolute Gasteiger partial charge is 0.190 e. The van der Waals surface area contributed by atoms with E-state index in [0.717, 1.165) is 15.7 Å². The first-order chi connectivity index (χ1) is 9.98. The molecule has 2 N–H and O–H groups in total. The van der Waals surface area contributed by atoms with Gasteiger partial charge in [-0.2, -0.15) is 5.43 Å². The molecule has 0 spiro atoms. The average Bonchev–Trinajstić information content (AvgIpc) is 2.77. The van der Waals surface area contributed by atoms with E-state index in [0.29, 0.717) is 10.1 Å². The molecular formula is C15H13BrClN3S. The van der Waals surface area contributed by atoms with Gasteiger partial charge in [0, 0.05) is 9.50 Å². The number of nitrogens with one attached hydrogen (secondary N) is 2. The molecule has 6 heteroatoms. The molecule has 0 bridgehead atoms. The summed E-state index contributed by atoms with van der Waals surface area (Å²) in [7, 11) is 0. The minimum absolute atomic E-state index is 0.464. The summed E-state index contributed by atoms with van der Waals surface area (Å²) in [6, 6.07) is 15.7. The molecule has 2 aromatic carbocycles. The third-order valence-electron chi connectivity index (χ3n) is 3.40. The Morgan fingerprint density at radius 3 is 2.33 bits per heavy atom. The van der Waals surface area contributed by atoms with Crippen LogP contribution in [0.3, 0.4) is 0 Å². The highest BCUT2D eigenvalue weighted by atomic mass is 79.9. The number of hydrogen-bond acceptors (Lipinski definition) is 2. The second-order valence-corrected chi connectivity index (χ2v) is 6.72. The maximum Gasteiger partial charge on any atom is 0.190 e. The first-order valence-electron chi connectivity index (χ1n) is 6.40. The molecule has 3 nitrogen and oxygen atoms in total. The third kappa shape index (κ3) is 2.92. The Morgan fingerprint density at radius 2 is 1.71 bits per heavy atom. The Kier molecular flexibility index (Phi) is 3.92. The van der Waals surface area contributed by atoms with E-state index in [-0.39, 0.29) is 0 Å². The van der Waals surface area contributed by atoms with Crippen molar-refractivity contribution in [1.82, 2.24) is 10.7 Å². The SMILES string of the molecule is C[C@@]1(c2ccc(Cl)cc2)NC(=S)N(c2ccc(Br)cc2)N1. The van der Waals surface area contributed by atoms with Gasteiger partial charge in [0.25, 0.3) is 0 Å². The van der Waals surface area contributed by atoms with Crippen LogP contribution in [-0.2, 0) is 5.66 Å². The van der Waals surface area contributed by atoms with Crippen LogP contribution in [0, 0.1) is 0 Å². The van der Waals surface area contributed by atoms with E-state index < -0.39 is 5.66 Å². The molecule has 1 aliphatic heterocycles. The minimum Gasteiger partial charge on any atom is -0.338 e. The van der Waals surface area contributed by atoms with Crippen LogP contribution in [0.4, 0.5) is 5.69 Å². The summed E-state index contributed by atoms with van der Waals surface area (Å²) in [5, 5.41) is 6.54. The predicted molar refractivity (Wildman–Crippen MR) is 94.3 cm³/mol. The Balaban J connectivity index is 1.89. The van der Waals surface area contributed by atoms with Gasteiger partial charge >= 0.3 is 0 Å². The Hall–Kier alpha value is -1.14. The Bertz CT molecular complexity index is 674. The highest BCUT2D eigenvalue weighted by Gasteiger charge is 2.37. The predicted octanol–water partition coefficient (Wildman–Crippen LogP) is 4.17. The topological polar surface area (TPSA) is 27.3 Å². The number of hydrazine groups is 1. The van der Waals surface area contributed by atoms with Crippen molar-refractivity contribution >= 4 is 50.5 Å². The van der Waals surface area contributed by atoms with E-state index in [2.05, 4.69) is 26.7 Å². The lowest BCUT2D eigenvalue weighted by atomic mass is 10.0. The van der Waals surface area contributed by atoms with Gasteiger partial charge in [-0.15, -0.1) is 0 Å². The van der Waals surface area contributed by atoms with Gasteiger partial charge in [0.2, 0.25) is 0 Å². The third-order valence-corrected chi connectivity index (χ3v) is 4.47. The molecule has 21 heavy (non-hydrogen) atoms. The van der Waals surface area contributed by atoms with Crippen molar-refractivity contribution < 1.29 is 0 Å². The average molecular weight is 383 g/mol. The lowest BCUT2D eigenvalue weighted by Gasteiger charge is -2.26. The molecule has 1 heterocycles. The van der Waals surface area contributed by atoms with Crippen LogP contribution in [-0.4, -0.2) is 5.11 Å². The second kappa shape index (κ2) is 5.57. The number of halogens is 2. The molecule has 3 rings (SSSR count). The molecule has 0 aliphatic carbocycles. The largest absolute Gasteiger partial charge is 0.338 e. The number of rotatable bonds is 2. The lowest BCUT2D eigenvalue weighted by molar-refractivity contribution is 0.390. The minimum atomic E-state index is -0.464. The van der Waals surface area contributed by atoms with Gasteiger partial charge in [0.05, 0.1) is 5.69 Å². The van der Waals surface area contributed by atoms with Crippen LogP contribution in [0.1, 0.15) is 12.5 Å². The summed E-state index contributed by atoms with van der Waals surface area (Å²) in [4.78, 5) is 0. The summed E-state index contributed by atoms with van der Waals surface area (Å²) in [5.74, 6) is 0. The highest BCUT2D eigenvalue weighted by Crippen LogP contribution is 2.28. The molecule has 0 amide bonds. The fraction of sp³-hybridized carbons (Fsp3) is 0.133. The molecule has 1 atom stereocenters. The molecule has 1 saturated heterocycles. The zero-order valence-corrected chi connectivity index (χ0v) is 14.4. The van der Waals surface area contributed by atoms with Gasteiger partial charge in [-0.25, -0.2) is 5.01 Å².